The summed E-state index contributed by atoms with van der Waals surface area (Å²) in [6, 6.07) is 23.8. The lowest BCUT2D eigenvalue weighted by Crippen LogP contribution is -2.43. The molecule has 0 spiro atoms. The predicted octanol–water partition coefficient (Wildman–Crippen LogP) is 3.92. The lowest BCUT2D eigenvalue weighted by molar-refractivity contribution is -0.139. The van der Waals surface area contributed by atoms with Crippen molar-refractivity contribution in [2.75, 3.05) is 16.8 Å². The van der Waals surface area contributed by atoms with Crippen LogP contribution in [0.5, 0.6) is 5.75 Å². The van der Waals surface area contributed by atoms with Crippen molar-refractivity contribution in [2.45, 2.75) is 6.17 Å². The Morgan fingerprint density at radius 3 is 2.43 bits per heavy atom. The van der Waals surface area contributed by atoms with Crippen molar-refractivity contribution < 1.29 is 19.4 Å². The van der Waals surface area contributed by atoms with Crippen LogP contribution in [0.15, 0.2) is 78.9 Å². The smallest absolute Gasteiger partial charge is 0.341 e. The number of fused-ring (bicyclic) bond motifs is 1. The monoisotopic (exact) mass is 374 g/mol. The Bertz CT molecular complexity index is 1020. The number of carbonyl (C=O) groups excluding carboxylic acids is 1. The number of hydrogen-bond donors (Lipinski definition) is 2. The zero-order valence-electron chi connectivity index (χ0n) is 14.9. The summed E-state index contributed by atoms with van der Waals surface area (Å²) >= 11 is 0. The van der Waals surface area contributed by atoms with Gasteiger partial charge in [-0.15, -0.1) is 0 Å². The lowest BCUT2D eigenvalue weighted by atomic mass is 10.0. The number of nitrogens with one attached hydrogen (secondary N) is 1. The molecule has 1 atom stereocenters. The van der Waals surface area contributed by atoms with E-state index in [4.69, 9.17) is 9.84 Å². The number of para-hydroxylation sites is 3. The summed E-state index contributed by atoms with van der Waals surface area (Å²) in [6.45, 7) is -0.459. The van der Waals surface area contributed by atoms with Crippen molar-refractivity contribution in [3.63, 3.8) is 0 Å². The summed E-state index contributed by atoms with van der Waals surface area (Å²) in [5.41, 5.74) is 2.70. The number of ether oxygens (including phenoxy) is 1. The van der Waals surface area contributed by atoms with Crippen molar-refractivity contribution in [1.29, 1.82) is 0 Å². The fourth-order valence-corrected chi connectivity index (χ4v) is 3.30. The molecule has 0 aromatic heterocycles. The van der Waals surface area contributed by atoms with Gasteiger partial charge in [-0.05, 0) is 30.3 Å². The first-order chi connectivity index (χ1) is 13.6. The Kier molecular flexibility index (Phi) is 4.68. The van der Waals surface area contributed by atoms with Crippen molar-refractivity contribution in [2.24, 2.45) is 0 Å². The Hall–Kier alpha value is -3.80. The molecule has 3 aromatic carbocycles. The van der Waals surface area contributed by atoms with Crippen LogP contribution >= 0.6 is 0 Å². The molecule has 0 radical (unpaired) electrons. The van der Waals surface area contributed by atoms with E-state index < -0.39 is 18.7 Å². The molecule has 1 amide bonds. The van der Waals surface area contributed by atoms with Gasteiger partial charge in [0, 0.05) is 16.9 Å². The van der Waals surface area contributed by atoms with Crippen LogP contribution in [0.2, 0.25) is 0 Å². The second kappa shape index (κ2) is 7.44. The average molecular weight is 374 g/mol. The van der Waals surface area contributed by atoms with Crippen LogP contribution in [0.1, 0.15) is 22.1 Å². The van der Waals surface area contributed by atoms with Gasteiger partial charge in [0.2, 0.25) is 0 Å². The Balaban J connectivity index is 1.82. The average Bonchev–Trinajstić information content (AvgIpc) is 2.73. The number of carboxylic acid groups (broad SMARTS) is 1. The van der Waals surface area contributed by atoms with E-state index in [1.165, 1.54) is 0 Å². The van der Waals surface area contributed by atoms with Gasteiger partial charge >= 0.3 is 5.97 Å². The van der Waals surface area contributed by atoms with Crippen LogP contribution in [0.25, 0.3) is 0 Å². The molecule has 0 saturated heterocycles. The molecule has 1 unspecified atom stereocenters. The second-order valence-electron chi connectivity index (χ2n) is 6.32. The van der Waals surface area contributed by atoms with Gasteiger partial charge in [0.15, 0.2) is 6.61 Å². The molecule has 0 bridgehead atoms. The molecule has 1 aliphatic heterocycles. The molecule has 6 nitrogen and oxygen atoms in total. The Labute approximate surface area is 162 Å². The maximum Gasteiger partial charge on any atom is 0.341 e. The summed E-state index contributed by atoms with van der Waals surface area (Å²) in [5.74, 6) is -0.790. The fraction of sp³-hybridized carbons (Fsp3) is 0.0909. The molecule has 4 rings (SSSR count). The quantitative estimate of drug-likeness (QED) is 0.708. The van der Waals surface area contributed by atoms with Crippen LogP contribution in [-0.4, -0.2) is 23.6 Å². The standard InChI is InChI=1S/C22H18N2O4/c25-20(26)14-28-19-13-7-5-11-17(19)21-23-18-12-6-4-10-16(18)22(27)24(21)15-8-2-1-3-9-15/h1-13,21,23H,14H2,(H,25,26). The maximum atomic E-state index is 13.3. The van der Waals surface area contributed by atoms with E-state index in [2.05, 4.69) is 5.32 Å². The molecular weight excluding hydrogens is 356 g/mol. The topological polar surface area (TPSA) is 78.9 Å². The molecule has 1 aliphatic rings. The van der Waals surface area contributed by atoms with Gasteiger partial charge in [0.25, 0.3) is 5.91 Å². The number of carbonyl (C=O) groups is 2. The number of anilines is 2. The fourth-order valence-electron chi connectivity index (χ4n) is 3.30. The highest BCUT2D eigenvalue weighted by molar-refractivity contribution is 6.12. The van der Waals surface area contributed by atoms with E-state index >= 15 is 0 Å². The van der Waals surface area contributed by atoms with Crippen molar-refractivity contribution in [3.8, 4) is 5.75 Å². The van der Waals surface area contributed by atoms with Gasteiger partial charge in [-0.3, -0.25) is 9.69 Å². The minimum absolute atomic E-state index is 0.140. The van der Waals surface area contributed by atoms with Gasteiger partial charge in [-0.1, -0.05) is 48.5 Å². The van der Waals surface area contributed by atoms with Gasteiger partial charge in [-0.25, -0.2) is 4.79 Å². The summed E-state index contributed by atoms with van der Waals surface area (Å²) in [6.07, 6.45) is -0.546. The molecule has 28 heavy (non-hydrogen) atoms. The number of rotatable bonds is 5. The Morgan fingerprint density at radius 1 is 0.964 bits per heavy atom. The molecule has 1 heterocycles. The number of hydrogen-bond acceptors (Lipinski definition) is 4. The molecule has 140 valence electrons. The minimum atomic E-state index is -1.06. The molecule has 0 aliphatic carbocycles. The van der Waals surface area contributed by atoms with Crippen LogP contribution in [0, 0.1) is 0 Å². The lowest BCUT2D eigenvalue weighted by Gasteiger charge is -2.38. The van der Waals surface area contributed by atoms with Gasteiger partial charge in [0.05, 0.1) is 5.56 Å². The molecule has 0 saturated carbocycles. The zero-order valence-corrected chi connectivity index (χ0v) is 14.9. The van der Waals surface area contributed by atoms with Gasteiger partial charge in [-0.2, -0.15) is 0 Å². The van der Waals surface area contributed by atoms with Crippen LogP contribution in [-0.2, 0) is 4.79 Å². The van der Waals surface area contributed by atoms with E-state index in [-0.39, 0.29) is 5.91 Å². The van der Waals surface area contributed by atoms with Crippen LogP contribution in [0.4, 0.5) is 11.4 Å². The normalized spacial score (nSPS) is 15.5. The SMILES string of the molecule is O=C(O)COc1ccccc1C1Nc2ccccc2C(=O)N1c1ccccc1. The number of benzene rings is 3. The van der Waals surface area contributed by atoms with E-state index in [1.807, 2.05) is 60.7 Å². The maximum absolute atomic E-state index is 13.3. The minimum Gasteiger partial charge on any atom is -0.481 e. The number of aliphatic carboxylic acids is 1. The first-order valence-corrected chi connectivity index (χ1v) is 8.83. The molecule has 3 aromatic rings. The van der Waals surface area contributed by atoms with E-state index in [0.29, 0.717) is 16.9 Å². The highest BCUT2D eigenvalue weighted by Crippen LogP contribution is 2.39. The number of carboxylic acids is 1. The van der Waals surface area contributed by atoms with Crippen molar-refractivity contribution >= 4 is 23.3 Å². The molecule has 0 fully saturated rings. The third kappa shape index (κ3) is 3.27. The first kappa shape index (κ1) is 17.6. The largest absolute Gasteiger partial charge is 0.481 e. The third-order valence-corrected chi connectivity index (χ3v) is 4.53. The molecule has 2 N–H and O–H groups in total. The van der Waals surface area contributed by atoms with Crippen molar-refractivity contribution in [1.82, 2.24) is 0 Å². The molecule has 6 heteroatoms. The summed E-state index contributed by atoms with van der Waals surface area (Å²) in [7, 11) is 0. The second-order valence-corrected chi connectivity index (χ2v) is 6.32. The van der Waals surface area contributed by atoms with E-state index in [1.54, 1.807) is 23.1 Å². The molecular formula is C22H18N2O4. The van der Waals surface area contributed by atoms with Gasteiger partial charge in [0.1, 0.15) is 11.9 Å². The van der Waals surface area contributed by atoms with Crippen molar-refractivity contribution in [3.05, 3.63) is 90.0 Å². The van der Waals surface area contributed by atoms with E-state index in [0.717, 1.165) is 11.4 Å². The summed E-state index contributed by atoms with van der Waals surface area (Å²) in [4.78, 5) is 25.9. The third-order valence-electron chi connectivity index (χ3n) is 4.53. The number of amides is 1. The summed E-state index contributed by atoms with van der Waals surface area (Å²) in [5, 5.41) is 12.4. The van der Waals surface area contributed by atoms with E-state index in [9.17, 15) is 9.59 Å². The predicted molar refractivity (Wildman–Crippen MR) is 106 cm³/mol. The highest BCUT2D eigenvalue weighted by Gasteiger charge is 2.35. The van der Waals surface area contributed by atoms with Gasteiger partial charge < -0.3 is 15.2 Å². The number of nitrogens with zero attached hydrogens (tertiary/aromatic N) is 1. The Morgan fingerprint density at radius 2 is 1.64 bits per heavy atom. The van der Waals surface area contributed by atoms with Crippen LogP contribution in [0.3, 0.4) is 0 Å². The van der Waals surface area contributed by atoms with Crippen LogP contribution < -0.4 is 15.0 Å². The zero-order chi connectivity index (χ0) is 19.5. The highest BCUT2D eigenvalue weighted by atomic mass is 16.5. The first-order valence-electron chi connectivity index (χ1n) is 8.83. The summed E-state index contributed by atoms with van der Waals surface area (Å²) < 4.78 is 5.48.